The fourth-order valence-corrected chi connectivity index (χ4v) is 5.23. The fourth-order valence-electron chi connectivity index (χ4n) is 2.56. The van der Waals surface area contributed by atoms with Gasteiger partial charge in [-0.25, -0.2) is 15.0 Å². The van der Waals surface area contributed by atoms with E-state index in [1.807, 2.05) is 7.05 Å². The Labute approximate surface area is 157 Å². The van der Waals surface area contributed by atoms with Gasteiger partial charge in [0.15, 0.2) is 5.65 Å². The van der Waals surface area contributed by atoms with Crippen LogP contribution < -0.4 is 11.1 Å². The zero-order valence-electron chi connectivity index (χ0n) is 15.4. The number of imidazole rings is 1. The number of aromatic nitrogens is 4. The summed E-state index contributed by atoms with van der Waals surface area (Å²) in [6, 6.07) is 0. The average molecular weight is 401 g/mol. The number of aryl methyl sites for hydroxylation is 1. The van der Waals surface area contributed by atoms with Crippen LogP contribution in [0.5, 0.6) is 0 Å². The Morgan fingerprint density at radius 1 is 1.48 bits per heavy atom. The number of nitrogens with one attached hydrogen (secondary N) is 1. The van der Waals surface area contributed by atoms with Crippen molar-refractivity contribution < 1.29 is 0 Å². The lowest BCUT2D eigenvalue weighted by atomic mass is 10.4. The molecule has 0 bridgehead atoms. The van der Waals surface area contributed by atoms with Gasteiger partial charge in [-0.3, -0.25) is 9.99 Å². The van der Waals surface area contributed by atoms with Crippen molar-refractivity contribution in [3.05, 3.63) is 18.3 Å². The molecular formula is C15H29N7P2S. The van der Waals surface area contributed by atoms with Gasteiger partial charge in [-0.15, -0.1) is 0 Å². The molecule has 3 atom stereocenters. The first-order valence-corrected chi connectivity index (χ1v) is 13.2. The number of hydrogen-bond acceptors (Lipinski definition) is 7. The lowest BCUT2D eigenvalue weighted by molar-refractivity contribution is 0.359. The smallest absolute Gasteiger partial charge is 0.163 e. The van der Waals surface area contributed by atoms with E-state index in [-0.39, 0.29) is 13.4 Å². The molecular weight excluding hydrogens is 372 g/mol. The van der Waals surface area contributed by atoms with Gasteiger partial charge in [0, 0.05) is 12.7 Å². The van der Waals surface area contributed by atoms with Crippen molar-refractivity contribution in [1.29, 1.82) is 0 Å². The van der Waals surface area contributed by atoms with Crippen LogP contribution in [-0.2, 0) is 12.7 Å². The van der Waals surface area contributed by atoms with E-state index in [2.05, 4.69) is 57.4 Å². The van der Waals surface area contributed by atoms with Crippen molar-refractivity contribution in [3.63, 3.8) is 0 Å². The molecule has 0 aliphatic heterocycles. The fraction of sp³-hybridized carbons (Fsp3) is 0.667. The summed E-state index contributed by atoms with van der Waals surface area (Å²) in [7, 11) is 3.33. The summed E-state index contributed by atoms with van der Waals surface area (Å²) in [6.45, 7) is 5.36. The van der Waals surface area contributed by atoms with Crippen LogP contribution in [0.25, 0.3) is 11.2 Å². The van der Waals surface area contributed by atoms with Crippen LogP contribution in [0, 0.1) is 0 Å². The summed E-state index contributed by atoms with van der Waals surface area (Å²) in [6.07, 6.45) is 7.53. The second-order valence-corrected chi connectivity index (χ2v) is 12.0. The van der Waals surface area contributed by atoms with Crippen molar-refractivity contribution >= 4 is 38.6 Å². The first-order chi connectivity index (χ1) is 12.0. The van der Waals surface area contributed by atoms with Crippen molar-refractivity contribution in [2.75, 3.05) is 33.1 Å². The molecule has 0 spiro atoms. The number of thiol groups is 1. The summed E-state index contributed by atoms with van der Waals surface area (Å²) in [5.74, 6) is 1.07. The predicted octanol–water partition coefficient (Wildman–Crippen LogP) is 2.48. The van der Waals surface area contributed by atoms with Gasteiger partial charge in [0.2, 0.25) is 0 Å². The van der Waals surface area contributed by atoms with Gasteiger partial charge in [-0.2, -0.15) is 12.2 Å². The number of rotatable bonds is 10. The molecule has 0 amide bonds. The highest BCUT2D eigenvalue weighted by Gasteiger charge is 2.19. The lowest BCUT2D eigenvalue weighted by Gasteiger charge is -2.30. The minimum atomic E-state index is -0.444. The molecule has 2 aromatic heterocycles. The van der Waals surface area contributed by atoms with Crippen LogP contribution in [-0.4, -0.2) is 63.6 Å². The van der Waals surface area contributed by atoms with E-state index in [0.717, 1.165) is 48.4 Å². The zero-order chi connectivity index (χ0) is 18.4. The van der Waals surface area contributed by atoms with Crippen molar-refractivity contribution in [2.24, 2.45) is 5.73 Å². The van der Waals surface area contributed by atoms with Crippen LogP contribution in [0.15, 0.2) is 12.5 Å². The second kappa shape index (κ2) is 10.1. The van der Waals surface area contributed by atoms with E-state index in [1.54, 1.807) is 12.5 Å². The third kappa shape index (κ3) is 5.56. The third-order valence-corrected chi connectivity index (χ3v) is 9.34. The van der Waals surface area contributed by atoms with Crippen molar-refractivity contribution in [3.8, 4) is 0 Å². The highest BCUT2D eigenvalue weighted by Crippen LogP contribution is 2.41. The molecule has 0 saturated carbocycles. The quantitative estimate of drug-likeness (QED) is 0.322. The van der Waals surface area contributed by atoms with Gasteiger partial charge in [-0.05, 0) is 47.6 Å². The molecule has 140 valence electrons. The minimum absolute atomic E-state index is 0.147. The third-order valence-electron chi connectivity index (χ3n) is 4.26. The summed E-state index contributed by atoms with van der Waals surface area (Å²) in [5, 5.41) is 3.09. The first-order valence-electron chi connectivity index (χ1n) is 8.43. The summed E-state index contributed by atoms with van der Waals surface area (Å²) in [4.78, 5) is 13.4. The predicted molar refractivity (Wildman–Crippen MR) is 113 cm³/mol. The second-order valence-electron chi connectivity index (χ2n) is 5.93. The van der Waals surface area contributed by atoms with E-state index >= 15 is 0 Å². The van der Waals surface area contributed by atoms with E-state index < -0.39 is 8.07 Å². The van der Waals surface area contributed by atoms with Gasteiger partial charge in [0.1, 0.15) is 24.0 Å². The van der Waals surface area contributed by atoms with E-state index in [1.165, 1.54) is 0 Å². The molecule has 0 fully saturated rings. The standard InChI is InChI=1S/C15H29N7P2S/c1-5-24(25)8-6-7-22-13(10-23(4)21(3)15(16)17-2)20-12-9-18-11-19-14(12)22/h9,11,15,17,25H,5-8,10,16H2,1-4H3. The van der Waals surface area contributed by atoms with Crippen LogP contribution in [0.2, 0.25) is 0 Å². The molecule has 2 heterocycles. The molecule has 2 aromatic rings. The Balaban J connectivity index is 2.18. The van der Waals surface area contributed by atoms with Gasteiger partial charge in [0.25, 0.3) is 0 Å². The van der Waals surface area contributed by atoms with Crippen molar-refractivity contribution in [1.82, 2.24) is 29.5 Å². The van der Waals surface area contributed by atoms with E-state index in [4.69, 9.17) is 10.7 Å². The van der Waals surface area contributed by atoms with E-state index in [9.17, 15) is 0 Å². The monoisotopic (exact) mass is 401 g/mol. The van der Waals surface area contributed by atoms with Gasteiger partial charge in [-0.1, -0.05) is 14.0 Å². The molecule has 0 saturated heterocycles. The number of nitrogens with two attached hydrogens (primary N) is 1. The molecule has 3 unspecified atom stereocenters. The number of hydrogen-bond donors (Lipinski definition) is 3. The molecule has 0 radical (unpaired) electrons. The Morgan fingerprint density at radius 2 is 2.24 bits per heavy atom. The average Bonchev–Trinajstić information content (AvgIpc) is 2.97. The molecule has 10 heteroatoms. The molecule has 0 aliphatic rings. The summed E-state index contributed by atoms with van der Waals surface area (Å²) < 4.78 is 4.43. The first kappa shape index (κ1) is 20.9. The van der Waals surface area contributed by atoms with Crippen LogP contribution in [0.1, 0.15) is 19.2 Å². The summed E-state index contributed by atoms with van der Waals surface area (Å²) >= 11 is 4.67. The highest BCUT2D eigenvalue weighted by molar-refractivity contribution is 8.45. The maximum Gasteiger partial charge on any atom is 0.163 e. The maximum absolute atomic E-state index is 6.09. The Kier molecular flexibility index (Phi) is 8.46. The molecule has 0 aliphatic carbocycles. The molecule has 0 aromatic carbocycles. The van der Waals surface area contributed by atoms with Gasteiger partial charge >= 0.3 is 0 Å². The Hall–Kier alpha value is -0.360. The largest absolute Gasteiger partial charge is 0.312 e. The zero-order valence-corrected chi connectivity index (χ0v) is 18.1. The number of nitrogens with zero attached hydrogens (tertiary/aromatic N) is 5. The molecule has 3 N–H and O–H groups in total. The van der Waals surface area contributed by atoms with Crippen LogP contribution >= 0.6 is 27.4 Å². The SMILES string of the molecule is CCP(S)CCCn1c(CP(C)N(C)C(N)NC)nc2cncnc21. The topological polar surface area (TPSA) is 84.9 Å². The van der Waals surface area contributed by atoms with Gasteiger partial charge in [0.05, 0.1) is 6.20 Å². The number of fused-ring (bicyclic) bond motifs is 1. The molecule has 7 nitrogen and oxygen atoms in total. The van der Waals surface area contributed by atoms with E-state index in [0.29, 0.717) is 0 Å². The normalized spacial score (nSPS) is 15.6. The Bertz CT molecular complexity index is 668. The molecule has 25 heavy (non-hydrogen) atoms. The van der Waals surface area contributed by atoms with Crippen LogP contribution in [0.3, 0.4) is 0 Å². The van der Waals surface area contributed by atoms with Crippen molar-refractivity contribution in [2.45, 2.75) is 32.3 Å². The van der Waals surface area contributed by atoms with Crippen LogP contribution in [0.4, 0.5) is 0 Å². The maximum atomic E-state index is 6.09. The Morgan fingerprint density at radius 3 is 2.92 bits per heavy atom. The summed E-state index contributed by atoms with van der Waals surface area (Å²) in [5.41, 5.74) is 7.88. The lowest BCUT2D eigenvalue weighted by Crippen LogP contribution is -2.46. The minimum Gasteiger partial charge on any atom is -0.312 e. The molecule has 2 rings (SSSR count). The van der Waals surface area contributed by atoms with Gasteiger partial charge < -0.3 is 10.3 Å². The highest BCUT2D eigenvalue weighted by atomic mass is 32.7.